The molecular weight excluding hydrogens is 348 g/mol. The highest BCUT2D eigenvalue weighted by Gasteiger charge is 2.21. The normalized spacial score (nSPS) is 18.2. The van der Waals surface area contributed by atoms with E-state index in [-0.39, 0.29) is 5.91 Å². The Kier molecular flexibility index (Phi) is 5.79. The Hall–Kier alpha value is -2.56. The lowest BCUT2D eigenvalue weighted by atomic mass is 9.95. The van der Waals surface area contributed by atoms with Gasteiger partial charge < -0.3 is 15.1 Å². The molecule has 0 radical (unpaired) electrons. The van der Waals surface area contributed by atoms with Crippen molar-refractivity contribution in [2.75, 3.05) is 36.0 Å². The van der Waals surface area contributed by atoms with Gasteiger partial charge in [-0.05, 0) is 44.0 Å². The van der Waals surface area contributed by atoms with Gasteiger partial charge in [-0.2, -0.15) is 0 Å². The average Bonchev–Trinajstić information content (AvgIpc) is 2.75. The van der Waals surface area contributed by atoms with Crippen LogP contribution in [0.1, 0.15) is 48.2 Å². The van der Waals surface area contributed by atoms with Gasteiger partial charge in [0.25, 0.3) is 5.91 Å². The molecule has 2 aliphatic rings. The number of anilines is 2. The van der Waals surface area contributed by atoms with E-state index < -0.39 is 0 Å². The molecule has 148 valence electrons. The van der Waals surface area contributed by atoms with Crippen molar-refractivity contribution in [3.63, 3.8) is 0 Å². The first-order valence-corrected chi connectivity index (χ1v) is 10.5. The van der Waals surface area contributed by atoms with Crippen molar-refractivity contribution in [2.24, 2.45) is 0 Å². The molecular formula is C23H30N4O. The van der Waals surface area contributed by atoms with Crippen LogP contribution in [0.2, 0.25) is 0 Å². The molecule has 1 aliphatic carbocycles. The van der Waals surface area contributed by atoms with Crippen molar-refractivity contribution in [1.82, 2.24) is 10.3 Å². The minimum atomic E-state index is -0.0351. The first-order valence-electron chi connectivity index (χ1n) is 10.5. The number of rotatable bonds is 4. The number of hydrogen-bond acceptors (Lipinski definition) is 4. The highest BCUT2D eigenvalue weighted by molar-refractivity contribution is 5.92. The second-order valence-electron chi connectivity index (χ2n) is 8.00. The van der Waals surface area contributed by atoms with Gasteiger partial charge in [-0.15, -0.1) is 0 Å². The van der Waals surface area contributed by atoms with Gasteiger partial charge in [-0.1, -0.05) is 43.0 Å². The molecule has 0 atom stereocenters. The zero-order valence-electron chi connectivity index (χ0n) is 16.7. The summed E-state index contributed by atoms with van der Waals surface area (Å²) in [5, 5.41) is 3.17. The maximum Gasteiger partial charge on any atom is 0.270 e. The van der Waals surface area contributed by atoms with E-state index in [0.29, 0.717) is 11.7 Å². The Labute approximate surface area is 167 Å². The topological polar surface area (TPSA) is 48.5 Å². The van der Waals surface area contributed by atoms with E-state index in [4.69, 9.17) is 0 Å². The van der Waals surface area contributed by atoms with Gasteiger partial charge in [0.2, 0.25) is 0 Å². The SMILES string of the molecule is Cc1ccc(N2CCN(c3cccc(C(=O)NC4CCCCC4)n3)CC2)cc1. The molecule has 5 nitrogen and oxygen atoms in total. The molecule has 1 aromatic heterocycles. The molecule has 1 aliphatic heterocycles. The lowest BCUT2D eigenvalue weighted by molar-refractivity contribution is 0.0922. The van der Waals surface area contributed by atoms with Gasteiger partial charge in [0.05, 0.1) is 0 Å². The van der Waals surface area contributed by atoms with Gasteiger partial charge in [0.1, 0.15) is 11.5 Å². The Morgan fingerprint density at radius 2 is 1.61 bits per heavy atom. The summed E-state index contributed by atoms with van der Waals surface area (Å²) in [5.41, 5.74) is 3.10. The lowest BCUT2D eigenvalue weighted by Crippen LogP contribution is -2.47. The zero-order chi connectivity index (χ0) is 19.3. The number of nitrogens with one attached hydrogen (secondary N) is 1. The molecule has 5 heteroatoms. The molecule has 1 saturated heterocycles. The number of aryl methyl sites for hydroxylation is 1. The van der Waals surface area contributed by atoms with Crippen LogP contribution in [0.5, 0.6) is 0 Å². The molecule has 0 spiro atoms. The van der Waals surface area contributed by atoms with Gasteiger partial charge in [-0.25, -0.2) is 4.98 Å². The number of piperazine rings is 1. The Morgan fingerprint density at radius 3 is 2.32 bits per heavy atom. The van der Waals surface area contributed by atoms with Crippen molar-refractivity contribution in [3.05, 3.63) is 53.7 Å². The molecule has 1 aromatic carbocycles. The summed E-state index contributed by atoms with van der Waals surface area (Å²) in [7, 11) is 0. The fourth-order valence-corrected chi connectivity index (χ4v) is 4.18. The summed E-state index contributed by atoms with van der Waals surface area (Å²) in [6, 6.07) is 14.8. The molecule has 1 amide bonds. The molecule has 28 heavy (non-hydrogen) atoms. The van der Waals surface area contributed by atoms with Crippen molar-refractivity contribution in [2.45, 2.75) is 45.1 Å². The lowest BCUT2D eigenvalue weighted by Gasteiger charge is -2.36. The number of benzene rings is 1. The highest BCUT2D eigenvalue weighted by atomic mass is 16.1. The maximum absolute atomic E-state index is 12.6. The fourth-order valence-electron chi connectivity index (χ4n) is 4.18. The monoisotopic (exact) mass is 378 g/mol. The number of hydrogen-bond donors (Lipinski definition) is 1. The van der Waals surface area contributed by atoms with E-state index in [1.165, 1.54) is 30.5 Å². The molecule has 2 aromatic rings. The van der Waals surface area contributed by atoms with Crippen LogP contribution in [0.3, 0.4) is 0 Å². The average molecular weight is 379 g/mol. The van der Waals surface area contributed by atoms with Crippen LogP contribution in [0.25, 0.3) is 0 Å². The molecule has 0 bridgehead atoms. The van der Waals surface area contributed by atoms with Crippen LogP contribution in [0, 0.1) is 6.92 Å². The van der Waals surface area contributed by atoms with E-state index in [9.17, 15) is 4.79 Å². The first-order chi connectivity index (χ1) is 13.7. The van der Waals surface area contributed by atoms with Gasteiger partial charge >= 0.3 is 0 Å². The molecule has 1 saturated carbocycles. The summed E-state index contributed by atoms with van der Waals surface area (Å²) >= 11 is 0. The van der Waals surface area contributed by atoms with Crippen LogP contribution in [-0.2, 0) is 0 Å². The largest absolute Gasteiger partial charge is 0.368 e. The number of nitrogens with zero attached hydrogens (tertiary/aromatic N) is 3. The van der Waals surface area contributed by atoms with Crippen LogP contribution in [-0.4, -0.2) is 43.1 Å². The van der Waals surface area contributed by atoms with Crippen LogP contribution in [0.15, 0.2) is 42.5 Å². The summed E-state index contributed by atoms with van der Waals surface area (Å²) in [4.78, 5) is 22.0. The van der Waals surface area contributed by atoms with E-state index in [2.05, 4.69) is 51.3 Å². The van der Waals surface area contributed by atoms with Gasteiger partial charge in [0.15, 0.2) is 0 Å². The first kappa shape index (κ1) is 18.8. The van der Waals surface area contributed by atoms with E-state index in [0.717, 1.165) is 44.8 Å². The van der Waals surface area contributed by atoms with Gasteiger partial charge in [0, 0.05) is 37.9 Å². The highest BCUT2D eigenvalue weighted by Crippen LogP contribution is 2.21. The third-order valence-electron chi connectivity index (χ3n) is 5.91. The van der Waals surface area contributed by atoms with E-state index in [1.54, 1.807) is 0 Å². The molecule has 2 fully saturated rings. The Balaban J connectivity index is 1.36. The molecule has 4 rings (SSSR count). The summed E-state index contributed by atoms with van der Waals surface area (Å²) in [6.07, 6.45) is 5.89. The predicted molar refractivity (Wildman–Crippen MR) is 114 cm³/mol. The van der Waals surface area contributed by atoms with E-state index >= 15 is 0 Å². The number of carbonyl (C=O) groups is 1. The second kappa shape index (κ2) is 8.63. The van der Waals surface area contributed by atoms with E-state index in [1.807, 2.05) is 18.2 Å². The fraction of sp³-hybridized carbons (Fsp3) is 0.478. The minimum absolute atomic E-state index is 0.0351. The number of pyridine rings is 1. The summed E-state index contributed by atoms with van der Waals surface area (Å²) in [6.45, 7) is 5.86. The maximum atomic E-state index is 12.6. The quantitative estimate of drug-likeness (QED) is 0.880. The molecule has 2 heterocycles. The standard InChI is InChI=1S/C23H30N4O/c1-18-10-12-20(13-11-18)26-14-16-27(17-15-26)22-9-5-8-21(25-22)23(28)24-19-6-3-2-4-7-19/h5,8-13,19H,2-4,6-7,14-17H2,1H3,(H,24,28). The number of carbonyl (C=O) groups excluding carboxylic acids is 1. The Bertz CT molecular complexity index is 791. The van der Waals surface area contributed by atoms with Crippen LogP contribution in [0.4, 0.5) is 11.5 Å². The third-order valence-corrected chi connectivity index (χ3v) is 5.91. The van der Waals surface area contributed by atoms with Gasteiger partial charge in [-0.3, -0.25) is 4.79 Å². The van der Waals surface area contributed by atoms with Crippen LogP contribution < -0.4 is 15.1 Å². The van der Waals surface area contributed by atoms with Crippen molar-refractivity contribution in [1.29, 1.82) is 0 Å². The molecule has 0 unspecified atom stereocenters. The smallest absolute Gasteiger partial charge is 0.270 e. The predicted octanol–water partition coefficient (Wildman–Crippen LogP) is 3.78. The van der Waals surface area contributed by atoms with Crippen molar-refractivity contribution >= 4 is 17.4 Å². The summed E-state index contributed by atoms with van der Waals surface area (Å²) < 4.78 is 0. The van der Waals surface area contributed by atoms with Crippen molar-refractivity contribution < 1.29 is 4.79 Å². The zero-order valence-corrected chi connectivity index (χ0v) is 16.7. The molecule has 1 N–H and O–H groups in total. The number of aromatic nitrogens is 1. The number of amides is 1. The van der Waals surface area contributed by atoms with Crippen molar-refractivity contribution in [3.8, 4) is 0 Å². The second-order valence-corrected chi connectivity index (χ2v) is 8.00. The Morgan fingerprint density at radius 1 is 0.929 bits per heavy atom. The minimum Gasteiger partial charge on any atom is -0.368 e. The third kappa shape index (κ3) is 4.46. The van der Waals surface area contributed by atoms with Crippen LogP contribution >= 0.6 is 0 Å². The summed E-state index contributed by atoms with van der Waals surface area (Å²) in [5.74, 6) is 0.867.